The Morgan fingerprint density at radius 1 is 1.16 bits per heavy atom. The van der Waals surface area contributed by atoms with E-state index in [1.54, 1.807) is 12.4 Å². The highest BCUT2D eigenvalue weighted by Crippen LogP contribution is 2.43. The number of pyridine rings is 2. The lowest BCUT2D eigenvalue weighted by atomic mass is 9.88. The van der Waals surface area contributed by atoms with Gasteiger partial charge in [0.25, 0.3) is 11.8 Å². The summed E-state index contributed by atoms with van der Waals surface area (Å²) in [5.41, 5.74) is 3.28. The van der Waals surface area contributed by atoms with E-state index >= 15 is 0 Å². The Morgan fingerprint density at radius 3 is 2.77 bits per heavy atom. The van der Waals surface area contributed by atoms with Crippen molar-refractivity contribution in [1.29, 1.82) is 0 Å². The van der Waals surface area contributed by atoms with Gasteiger partial charge in [-0.05, 0) is 31.5 Å². The Balaban J connectivity index is 1.71. The summed E-state index contributed by atoms with van der Waals surface area (Å²) in [5, 5.41) is 12.6. The van der Waals surface area contributed by atoms with Crippen LogP contribution in [-0.2, 0) is 16.1 Å². The largest absolute Gasteiger partial charge is 0.396 e. The molecule has 0 saturated carbocycles. The highest BCUT2D eigenvalue weighted by atomic mass is 16.3. The molecule has 31 heavy (non-hydrogen) atoms. The number of aliphatic hydroxyl groups excluding tert-OH is 1. The molecule has 5 heterocycles. The number of carbonyl (C=O) groups excluding carboxylic acids is 2. The molecule has 2 N–H and O–H groups in total. The van der Waals surface area contributed by atoms with Gasteiger partial charge in [-0.25, -0.2) is 9.97 Å². The minimum atomic E-state index is -0.384. The van der Waals surface area contributed by atoms with E-state index in [2.05, 4.69) is 27.1 Å². The molecule has 2 aliphatic rings. The van der Waals surface area contributed by atoms with Gasteiger partial charge >= 0.3 is 0 Å². The van der Waals surface area contributed by atoms with E-state index in [1.165, 1.54) is 0 Å². The Morgan fingerprint density at radius 2 is 1.97 bits per heavy atom. The predicted molar refractivity (Wildman–Crippen MR) is 116 cm³/mol. The number of nitrogens with zero attached hydrogens (tertiary/aromatic N) is 4. The van der Waals surface area contributed by atoms with Crippen LogP contribution in [-0.4, -0.2) is 51.2 Å². The first-order valence-corrected chi connectivity index (χ1v) is 10.5. The maximum absolute atomic E-state index is 13.0. The monoisotopic (exact) mass is 417 g/mol. The van der Waals surface area contributed by atoms with Crippen LogP contribution in [0.25, 0.3) is 16.6 Å². The lowest BCUT2D eigenvalue weighted by molar-refractivity contribution is -0.123. The number of likely N-dealkylation sites (N-methyl/N-ethyl adjacent to an activating group) is 1. The normalized spacial score (nSPS) is 18.3. The number of fused-ring (bicyclic) bond motifs is 2. The summed E-state index contributed by atoms with van der Waals surface area (Å²) in [6, 6.07) is 7.58. The summed E-state index contributed by atoms with van der Waals surface area (Å²) in [5.74, 6) is -0.109. The standard InChI is InChI=1S/C23H23N5O3/c1-2-27-12-16(14-6-3-8-24-20(14)27)18-19(23(31)26-22(18)30)17-13-28(10-5-11-29)21-15(17)7-4-9-25-21/h3-4,6-9,13,16,29H,2,5,10-12H2,1H3,(H,26,30,31). The Kier molecular flexibility index (Phi) is 4.78. The van der Waals surface area contributed by atoms with Crippen LogP contribution in [0.1, 0.15) is 30.4 Å². The van der Waals surface area contributed by atoms with Crippen molar-refractivity contribution in [3.63, 3.8) is 0 Å². The molecule has 0 radical (unpaired) electrons. The molecule has 0 fully saturated rings. The maximum Gasteiger partial charge on any atom is 0.259 e. The van der Waals surface area contributed by atoms with Crippen LogP contribution in [0.5, 0.6) is 0 Å². The van der Waals surface area contributed by atoms with Crippen molar-refractivity contribution in [1.82, 2.24) is 19.9 Å². The molecule has 2 amide bonds. The van der Waals surface area contributed by atoms with Crippen LogP contribution in [0.15, 0.2) is 48.4 Å². The minimum Gasteiger partial charge on any atom is -0.396 e. The van der Waals surface area contributed by atoms with E-state index in [4.69, 9.17) is 0 Å². The molecule has 5 rings (SSSR count). The second-order valence-corrected chi connectivity index (χ2v) is 7.77. The maximum atomic E-state index is 13.0. The van der Waals surface area contributed by atoms with Crippen LogP contribution in [0.4, 0.5) is 5.82 Å². The second kappa shape index (κ2) is 7.63. The zero-order valence-corrected chi connectivity index (χ0v) is 17.2. The zero-order chi connectivity index (χ0) is 21.5. The van der Waals surface area contributed by atoms with Crippen molar-refractivity contribution < 1.29 is 14.7 Å². The topological polar surface area (TPSA) is 100 Å². The summed E-state index contributed by atoms with van der Waals surface area (Å²) in [7, 11) is 0. The van der Waals surface area contributed by atoms with Gasteiger partial charge in [-0.15, -0.1) is 0 Å². The number of anilines is 1. The fraction of sp³-hybridized carbons (Fsp3) is 0.304. The van der Waals surface area contributed by atoms with Crippen LogP contribution >= 0.6 is 0 Å². The van der Waals surface area contributed by atoms with Gasteiger partial charge in [0.05, 0.1) is 5.57 Å². The first-order chi connectivity index (χ1) is 15.1. The van der Waals surface area contributed by atoms with Gasteiger partial charge in [0.1, 0.15) is 11.5 Å². The smallest absolute Gasteiger partial charge is 0.259 e. The number of rotatable bonds is 6. The van der Waals surface area contributed by atoms with Crippen LogP contribution in [0.2, 0.25) is 0 Å². The molecule has 0 aromatic carbocycles. The van der Waals surface area contributed by atoms with Crippen LogP contribution in [0.3, 0.4) is 0 Å². The third-order valence-electron chi connectivity index (χ3n) is 6.05. The van der Waals surface area contributed by atoms with E-state index in [1.807, 2.05) is 35.0 Å². The SMILES string of the molecule is CCN1CC(C2=C(c3cn(CCCO)c4ncccc34)C(=O)NC2=O)c2cccnc21. The Bertz CT molecular complexity index is 1230. The summed E-state index contributed by atoms with van der Waals surface area (Å²) in [4.78, 5) is 37.1. The summed E-state index contributed by atoms with van der Waals surface area (Å²) in [6.45, 7) is 4.05. The molecule has 158 valence electrons. The molecule has 0 spiro atoms. The fourth-order valence-electron chi connectivity index (χ4n) is 4.68. The van der Waals surface area contributed by atoms with Gasteiger partial charge in [0.2, 0.25) is 0 Å². The molecule has 0 saturated heterocycles. The molecule has 8 nitrogen and oxygen atoms in total. The van der Waals surface area contributed by atoms with Gasteiger partial charge in [0, 0.05) is 72.8 Å². The lowest BCUT2D eigenvalue weighted by Gasteiger charge is -2.16. The van der Waals surface area contributed by atoms with Crippen molar-refractivity contribution in [3.8, 4) is 0 Å². The molecule has 3 aromatic heterocycles. The molecule has 1 unspecified atom stereocenters. The molecule has 0 bridgehead atoms. The van der Waals surface area contributed by atoms with E-state index < -0.39 is 0 Å². The van der Waals surface area contributed by atoms with Crippen molar-refractivity contribution in [3.05, 3.63) is 59.6 Å². The lowest BCUT2D eigenvalue weighted by Crippen LogP contribution is -2.26. The van der Waals surface area contributed by atoms with Crippen LogP contribution in [0, 0.1) is 0 Å². The number of carbonyl (C=O) groups is 2. The molecule has 1 atom stereocenters. The molecule has 2 aliphatic heterocycles. The first kappa shape index (κ1) is 19.4. The number of imide groups is 1. The number of aliphatic hydroxyl groups is 1. The van der Waals surface area contributed by atoms with E-state index in [0.29, 0.717) is 36.2 Å². The van der Waals surface area contributed by atoms with Crippen molar-refractivity contribution in [2.45, 2.75) is 25.8 Å². The average molecular weight is 417 g/mol. The van der Waals surface area contributed by atoms with Gasteiger partial charge in [-0.1, -0.05) is 6.07 Å². The average Bonchev–Trinajstić information content (AvgIpc) is 3.43. The van der Waals surface area contributed by atoms with Gasteiger partial charge in [0.15, 0.2) is 0 Å². The summed E-state index contributed by atoms with van der Waals surface area (Å²) < 4.78 is 1.93. The number of hydrogen-bond donors (Lipinski definition) is 2. The quantitative estimate of drug-likeness (QED) is 0.594. The minimum absolute atomic E-state index is 0.0630. The molecule has 3 aromatic rings. The summed E-state index contributed by atoms with van der Waals surface area (Å²) in [6.07, 6.45) is 5.90. The number of aromatic nitrogens is 3. The first-order valence-electron chi connectivity index (χ1n) is 10.5. The third-order valence-corrected chi connectivity index (χ3v) is 6.05. The van der Waals surface area contributed by atoms with Crippen LogP contribution < -0.4 is 10.2 Å². The van der Waals surface area contributed by atoms with Crippen molar-refractivity contribution in [2.75, 3.05) is 24.6 Å². The van der Waals surface area contributed by atoms with Crippen molar-refractivity contribution in [2.24, 2.45) is 0 Å². The Hall–Kier alpha value is -3.52. The zero-order valence-electron chi connectivity index (χ0n) is 17.2. The number of nitrogens with one attached hydrogen (secondary N) is 1. The highest BCUT2D eigenvalue weighted by Gasteiger charge is 2.42. The molecule has 0 aliphatic carbocycles. The number of hydrogen-bond acceptors (Lipinski definition) is 6. The highest BCUT2D eigenvalue weighted by molar-refractivity contribution is 6.38. The molecular weight excluding hydrogens is 394 g/mol. The van der Waals surface area contributed by atoms with E-state index in [0.717, 1.165) is 29.0 Å². The van der Waals surface area contributed by atoms with Gasteiger partial charge in [-0.2, -0.15) is 0 Å². The van der Waals surface area contributed by atoms with Crippen molar-refractivity contribution >= 4 is 34.2 Å². The Labute approximate surface area is 179 Å². The number of amides is 2. The number of aryl methyl sites for hydroxylation is 1. The second-order valence-electron chi connectivity index (χ2n) is 7.77. The predicted octanol–water partition coefficient (Wildman–Crippen LogP) is 1.85. The molecule has 8 heteroatoms. The van der Waals surface area contributed by atoms with Gasteiger partial charge in [-0.3, -0.25) is 14.9 Å². The molecular formula is C23H23N5O3. The summed E-state index contributed by atoms with van der Waals surface area (Å²) >= 11 is 0. The van der Waals surface area contributed by atoms with E-state index in [-0.39, 0.29) is 24.3 Å². The fourth-order valence-corrected chi connectivity index (χ4v) is 4.68. The van der Waals surface area contributed by atoms with E-state index in [9.17, 15) is 14.7 Å². The third kappa shape index (κ3) is 3.02. The van der Waals surface area contributed by atoms with Gasteiger partial charge < -0.3 is 14.6 Å².